The van der Waals surface area contributed by atoms with E-state index in [1.807, 2.05) is 24.3 Å². The average Bonchev–Trinajstić information content (AvgIpc) is 3.23. The summed E-state index contributed by atoms with van der Waals surface area (Å²) in [5.74, 6) is 0.718. The molecular weight excluding hydrogens is 378 g/mol. The van der Waals surface area contributed by atoms with Crippen LogP contribution in [0.15, 0.2) is 64.1 Å². The number of hydrogen-bond donors (Lipinski definition) is 2. The molecule has 28 heavy (non-hydrogen) atoms. The van der Waals surface area contributed by atoms with Crippen molar-refractivity contribution >= 4 is 26.7 Å². The quantitative estimate of drug-likeness (QED) is 0.537. The van der Waals surface area contributed by atoms with Crippen molar-refractivity contribution < 1.29 is 18.0 Å². The van der Waals surface area contributed by atoms with Crippen molar-refractivity contribution in [1.29, 1.82) is 0 Å². The zero-order valence-corrected chi connectivity index (χ0v) is 16.2. The number of benzene rings is 2. The van der Waals surface area contributed by atoms with Crippen LogP contribution in [0.2, 0.25) is 0 Å². The molecule has 0 unspecified atom stereocenters. The maximum Gasteiger partial charge on any atom is 0.265 e. The Hall–Kier alpha value is -3.10. The Morgan fingerprint density at radius 2 is 1.82 bits per heavy atom. The topological polar surface area (TPSA) is 97.4 Å². The van der Waals surface area contributed by atoms with Crippen LogP contribution in [0.3, 0.4) is 0 Å². The maximum atomic E-state index is 13.1. The normalized spacial score (nSPS) is 11.8. The zero-order chi connectivity index (χ0) is 19.9. The van der Waals surface area contributed by atoms with Crippen molar-refractivity contribution in [2.24, 2.45) is 0 Å². The number of aromatic nitrogens is 2. The number of aryl methyl sites for hydroxylation is 1. The Morgan fingerprint density at radius 1 is 1.11 bits per heavy atom. The van der Waals surface area contributed by atoms with Gasteiger partial charge in [0.1, 0.15) is 10.7 Å². The molecule has 2 heterocycles. The number of anilines is 1. The van der Waals surface area contributed by atoms with Gasteiger partial charge >= 0.3 is 0 Å². The van der Waals surface area contributed by atoms with Gasteiger partial charge in [-0.15, -0.1) is 0 Å². The average molecular weight is 397 g/mol. The zero-order valence-electron chi connectivity index (χ0n) is 15.4. The standard InChI is InChI=1S/C20H19N3O4S/c1-13-14(2)27-21-20(13)22-28(25,26)19-10-6-5-9-18(19)23-11-15(12-24)16-7-3-4-8-17(16)23/h3-11,24H,12H2,1-2H3,(H,21,22). The number of nitrogens with one attached hydrogen (secondary N) is 1. The van der Waals surface area contributed by atoms with E-state index < -0.39 is 10.0 Å². The number of sulfonamides is 1. The Bertz CT molecular complexity index is 1270. The molecule has 2 aromatic heterocycles. The third kappa shape index (κ3) is 2.96. The Balaban J connectivity index is 1.88. The van der Waals surface area contributed by atoms with E-state index in [9.17, 15) is 13.5 Å². The first-order chi connectivity index (χ1) is 13.4. The monoisotopic (exact) mass is 397 g/mol. The van der Waals surface area contributed by atoms with Crippen molar-refractivity contribution in [1.82, 2.24) is 9.72 Å². The summed E-state index contributed by atoms with van der Waals surface area (Å²) in [6.45, 7) is 3.32. The van der Waals surface area contributed by atoms with Gasteiger partial charge in [0.15, 0.2) is 5.82 Å². The molecule has 0 radical (unpaired) electrons. The second kappa shape index (κ2) is 6.81. The highest BCUT2D eigenvalue weighted by atomic mass is 32.2. The largest absolute Gasteiger partial charge is 0.392 e. The fourth-order valence-electron chi connectivity index (χ4n) is 3.15. The van der Waals surface area contributed by atoms with Crippen LogP contribution >= 0.6 is 0 Å². The van der Waals surface area contributed by atoms with Crippen molar-refractivity contribution in [3.8, 4) is 5.69 Å². The lowest BCUT2D eigenvalue weighted by atomic mass is 10.2. The molecule has 0 aliphatic rings. The minimum absolute atomic E-state index is 0.0975. The fraction of sp³-hybridized carbons (Fsp3) is 0.150. The molecule has 0 spiro atoms. The summed E-state index contributed by atoms with van der Waals surface area (Å²) < 4.78 is 35.6. The summed E-state index contributed by atoms with van der Waals surface area (Å²) in [4.78, 5) is 0.0975. The molecule has 8 heteroatoms. The van der Waals surface area contributed by atoms with E-state index in [-0.39, 0.29) is 17.3 Å². The molecule has 7 nitrogen and oxygen atoms in total. The van der Waals surface area contributed by atoms with Gasteiger partial charge in [0, 0.05) is 22.7 Å². The van der Waals surface area contributed by atoms with Crippen molar-refractivity contribution in [3.63, 3.8) is 0 Å². The molecule has 0 atom stereocenters. The van der Waals surface area contributed by atoms with Crippen molar-refractivity contribution in [3.05, 3.63) is 71.6 Å². The predicted molar refractivity (Wildman–Crippen MR) is 106 cm³/mol. The highest BCUT2D eigenvalue weighted by Crippen LogP contribution is 2.30. The van der Waals surface area contributed by atoms with Gasteiger partial charge in [-0.25, -0.2) is 8.42 Å². The number of hydrogen-bond acceptors (Lipinski definition) is 5. The van der Waals surface area contributed by atoms with Gasteiger partial charge < -0.3 is 14.2 Å². The van der Waals surface area contributed by atoms with Crippen LogP contribution in [0, 0.1) is 13.8 Å². The van der Waals surface area contributed by atoms with Gasteiger partial charge in [-0.3, -0.25) is 4.72 Å². The predicted octanol–water partition coefficient (Wildman–Crippen LogP) is 3.53. The molecule has 2 aromatic carbocycles. The van der Waals surface area contributed by atoms with E-state index in [2.05, 4.69) is 9.88 Å². The second-order valence-electron chi connectivity index (χ2n) is 6.49. The highest BCUT2D eigenvalue weighted by Gasteiger charge is 2.23. The number of para-hydroxylation sites is 2. The lowest BCUT2D eigenvalue weighted by molar-refractivity contribution is 0.283. The van der Waals surface area contributed by atoms with E-state index in [0.717, 1.165) is 16.5 Å². The number of rotatable bonds is 5. The molecule has 0 saturated carbocycles. The molecule has 0 amide bonds. The summed E-state index contributed by atoms with van der Waals surface area (Å²) in [5, 5.41) is 14.3. The number of aliphatic hydroxyl groups excluding tert-OH is 1. The number of aliphatic hydroxyl groups is 1. The third-order valence-corrected chi connectivity index (χ3v) is 6.15. The summed E-state index contributed by atoms with van der Waals surface area (Å²) in [6.07, 6.45) is 1.75. The first kappa shape index (κ1) is 18.3. The van der Waals surface area contributed by atoms with Gasteiger partial charge in [-0.1, -0.05) is 35.5 Å². The molecule has 4 aromatic rings. The van der Waals surface area contributed by atoms with Crippen LogP contribution in [0.5, 0.6) is 0 Å². The van der Waals surface area contributed by atoms with E-state index in [0.29, 0.717) is 17.0 Å². The van der Waals surface area contributed by atoms with Crippen molar-refractivity contribution in [2.75, 3.05) is 4.72 Å². The second-order valence-corrected chi connectivity index (χ2v) is 8.14. The number of nitrogens with zero attached hydrogens (tertiary/aromatic N) is 2. The first-order valence-electron chi connectivity index (χ1n) is 8.67. The summed E-state index contributed by atoms with van der Waals surface area (Å²) >= 11 is 0. The summed E-state index contributed by atoms with van der Waals surface area (Å²) in [5.41, 5.74) is 2.64. The lowest BCUT2D eigenvalue weighted by Gasteiger charge is -2.13. The van der Waals surface area contributed by atoms with E-state index in [4.69, 9.17) is 4.52 Å². The Morgan fingerprint density at radius 3 is 2.54 bits per heavy atom. The Labute approximate surface area is 162 Å². The molecule has 0 fully saturated rings. The van der Waals surface area contributed by atoms with Gasteiger partial charge in [-0.05, 0) is 32.0 Å². The molecular formula is C20H19N3O4S. The SMILES string of the molecule is Cc1onc(NS(=O)(=O)c2ccccc2-n2cc(CO)c3ccccc32)c1C. The van der Waals surface area contributed by atoms with Crippen LogP contribution in [0.25, 0.3) is 16.6 Å². The summed E-state index contributed by atoms with van der Waals surface area (Å²) in [7, 11) is -3.92. The van der Waals surface area contributed by atoms with Gasteiger partial charge in [-0.2, -0.15) is 0 Å². The molecule has 0 saturated heterocycles. The molecule has 144 valence electrons. The van der Waals surface area contributed by atoms with E-state index >= 15 is 0 Å². The highest BCUT2D eigenvalue weighted by molar-refractivity contribution is 7.92. The van der Waals surface area contributed by atoms with Crippen LogP contribution < -0.4 is 4.72 Å². The van der Waals surface area contributed by atoms with Crippen molar-refractivity contribution in [2.45, 2.75) is 25.3 Å². The molecule has 0 bridgehead atoms. The molecule has 4 rings (SSSR count). The molecule has 2 N–H and O–H groups in total. The fourth-order valence-corrected chi connectivity index (χ4v) is 4.41. The van der Waals surface area contributed by atoms with Gasteiger partial charge in [0.25, 0.3) is 10.0 Å². The van der Waals surface area contributed by atoms with Crippen LogP contribution in [-0.4, -0.2) is 23.2 Å². The number of fused-ring (bicyclic) bond motifs is 1. The first-order valence-corrected chi connectivity index (χ1v) is 10.2. The van der Waals surface area contributed by atoms with Gasteiger partial charge in [0.2, 0.25) is 0 Å². The Kier molecular flexibility index (Phi) is 4.44. The van der Waals surface area contributed by atoms with E-state index in [1.54, 1.807) is 42.8 Å². The minimum Gasteiger partial charge on any atom is -0.392 e. The van der Waals surface area contributed by atoms with Crippen LogP contribution in [0.4, 0.5) is 5.82 Å². The molecule has 0 aliphatic heterocycles. The summed E-state index contributed by atoms with van der Waals surface area (Å²) in [6, 6.07) is 14.2. The van der Waals surface area contributed by atoms with Crippen LogP contribution in [0.1, 0.15) is 16.9 Å². The van der Waals surface area contributed by atoms with E-state index in [1.165, 1.54) is 6.07 Å². The maximum absolute atomic E-state index is 13.1. The lowest BCUT2D eigenvalue weighted by Crippen LogP contribution is -2.16. The molecule has 0 aliphatic carbocycles. The smallest absolute Gasteiger partial charge is 0.265 e. The minimum atomic E-state index is -3.92. The third-order valence-electron chi connectivity index (χ3n) is 4.77. The van der Waals surface area contributed by atoms with Gasteiger partial charge in [0.05, 0.1) is 17.8 Å². The van der Waals surface area contributed by atoms with Crippen LogP contribution in [-0.2, 0) is 16.6 Å².